The number of aromatic nitrogens is 2. The summed E-state index contributed by atoms with van der Waals surface area (Å²) in [5, 5.41) is 17.0. The van der Waals surface area contributed by atoms with Crippen LogP contribution in [0.1, 0.15) is 38.1 Å². The quantitative estimate of drug-likeness (QED) is 0.772. The van der Waals surface area contributed by atoms with Crippen molar-refractivity contribution in [1.82, 2.24) is 20.0 Å². The van der Waals surface area contributed by atoms with Crippen molar-refractivity contribution in [3.63, 3.8) is 0 Å². The van der Waals surface area contributed by atoms with Crippen molar-refractivity contribution in [3.05, 3.63) is 17.5 Å². The molecule has 0 saturated carbocycles. The fourth-order valence-corrected chi connectivity index (χ4v) is 2.20. The van der Waals surface area contributed by atoms with Crippen LogP contribution in [0.2, 0.25) is 0 Å². The summed E-state index contributed by atoms with van der Waals surface area (Å²) in [6.07, 6.45) is 2.79. The van der Waals surface area contributed by atoms with Crippen LogP contribution in [0.15, 0.2) is 6.20 Å². The van der Waals surface area contributed by atoms with Crippen molar-refractivity contribution in [3.8, 4) is 6.07 Å². The minimum absolute atomic E-state index is 0.265. The summed E-state index contributed by atoms with van der Waals surface area (Å²) >= 11 is 0. The molecule has 1 atom stereocenters. The highest BCUT2D eigenvalue weighted by atomic mass is 15.3. The normalized spacial score (nSPS) is 12.6. The second-order valence-electron chi connectivity index (χ2n) is 4.60. The number of nitrogens with one attached hydrogen (secondary N) is 1. The number of nitriles is 1. The number of rotatable bonds is 8. The maximum atomic E-state index is 9.33. The molecule has 0 amide bonds. The first-order chi connectivity index (χ1) is 9.15. The molecule has 1 heterocycles. The zero-order valence-corrected chi connectivity index (χ0v) is 12.5. The molecule has 1 aromatic rings. The van der Waals surface area contributed by atoms with Gasteiger partial charge in [-0.2, -0.15) is 10.4 Å². The second-order valence-corrected chi connectivity index (χ2v) is 4.60. The number of aryl methyl sites for hydroxylation is 2. The zero-order chi connectivity index (χ0) is 14.3. The summed E-state index contributed by atoms with van der Waals surface area (Å²) < 4.78 is 1.78. The Bertz CT molecular complexity index is 414. The Balaban J connectivity index is 2.61. The fourth-order valence-electron chi connectivity index (χ4n) is 2.20. The van der Waals surface area contributed by atoms with Gasteiger partial charge in [0.1, 0.15) is 6.04 Å². The van der Waals surface area contributed by atoms with Crippen molar-refractivity contribution < 1.29 is 0 Å². The topological polar surface area (TPSA) is 56.9 Å². The van der Waals surface area contributed by atoms with E-state index in [9.17, 15) is 5.26 Å². The molecule has 0 aromatic carbocycles. The standard InChI is InChI=1S/C14H25N5/c1-5-13-12(11-18(4)17-13)14(10-15)16-8-9-19(6-2)7-3/h11,14,16H,5-9H2,1-4H3. The molecule has 1 unspecified atom stereocenters. The van der Waals surface area contributed by atoms with Gasteiger partial charge in [-0.3, -0.25) is 10.00 Å². The molecule has 0 saturated heterocycles. The smallest absolute Gasteiger partial charge is 0.124 e. The van der Waals surface area contributed by atoms with Crippen LogP contribution in [-0.4, -0.2) is 40.9 Å². The molecule has 0 aliphatic carbocycles. The van der Waals surface area contributed by atoms with Gasteiger partial charge < -0.3 is 4.90 Å². The number of hydrogen-bond acceptors (Lipinski definition) is 4. The Labute approximate surface area is 116 Å². The van der Waals surface area contributed by atoms with Gasteiger partial charge in [0.15, 0.2) is 0 Å². The first kappa shape index (κ1) is 15.7. The molecule has 1 N–H and O–H groups in total. The van der Waals surface area contributed by atoms with Gasteiger partial charge in [0.05, 0.1) is 11.8 Å². The van der Waals surface area contributed by atoms with E-state index in [0.29, 0.717) is 0 Å². The average Bonchev–Trinajstić information content (AvgIpc) is 2.80. The van der Waals surface area contributed by atoms with Gasteiger partial charge in [-0.05, 0) is 19.5 Å². The monoisotopic (exact) mass is 263 g/mol. The lowest BCUT2D eigenvalue weighted by Crippen LogP contribution is -2.33. The van der Waals surface area contributed by atoms with Crippen LogP contribution in [0.3, 0.4) is 0 Å². The molecule has 0 radical (unpaired) electrons. The molecule has 0 aliphatic rings. The predicted octanol–water partition coefficient (Wildman–Crippen LogP) is 1.48. The third kappa shape index (κ3) is 4.34. The van der Waals surface area contributed by atoms with Crippen molar-refractivity contribution in [2.45, 2.75) is 33.2 Å². The second kappa shape index (κ2) is 7.93. The third-order valence-electron chi connectivity index (χ3n) is 3.38. The zero-order valence-electron chi connectivity index (χ0n) is 12.5. The van der Waals surface area contributed by atoms with Gasteiger partial charge in [0.2, 0.25) is 0 Å². The first-order valence-corrected chi connectivity index (χ1v) is 7.03. The van der Waals surface area contributed by atoms with E-state index >= 15 is 0 Å². The summed E-state index contributed by atoms with van der Waals surface area (Å²) in [5.74, 6) is 0. The Kier molecular flexibility index (Phi) is 6.54. The molecule has 1 rings (SSSR count). The molecule has 19 heavy (non-hydrogen) atoms. The van der Waals surface area contributed by atoms with Crippen molar-refractivity contribution in [1.29, 1.82) is 5.26 Å². The van der Waals surface area contributed by atoms with Gasteiger partial charge in [-0.25, -0.2) is 0 Å². The van der Waals surface area contributed by atoms with E-state index in [1.807, 2.05) is 13.2 Å². The summed E-state index contributed by atoms with van der Waals surface area (Å²) in [7, 11) is 1.90. The predicted molar refractivity (Wildman–Crippen MR) is 76.7 cm³/mol. The Hall–Kier alpha value is -1.38. The minimum Gasteiger partial charge on any atom is -0.303 e. The first-order valence-electron chi connectivity index (χ1n) is 7.03. The largest absolute Gasteiger partial charge is 0.303 e. The van der Waals surface area contributed by atoms with Crippen molar-refractivity contribution in [2.24, 2.45) is 7.05 Å². The van der Waals surface area contributed by atoms with E-state index in [1.165, 1.54) is 0 Å². The van der Waals surface area contributed by atoms with E-state index in [0.717, 1.165) is 43.9 Å². The fraction of sp³-hybridized carbons (Fsp3) is 0.714. The molecule has 0 bridgehead atoms. The molecule has 0 aliphatic heterocycles. The molecule has 106 valence electrons. The molecule has 0 spiro atoms. The summed E-state index contributed by atoms with van der Waals surface area (Å²) in [6, 6.07) is 2.07. The van der Waals surface area contributed by atoms with E-state index < -0.39 is 0 Å². The highest BCUT2D eigenvalue weighted by Crippen LogP contribution is 2.16. The lowest BCUT2D eigenvalue weighted by molar-refractivity contribution is 0.300. The minimum atomic E-state index is -0.265. The molecule has 5 nitrogen and oxygen atoms in total. The number of hydrogen-bond donors (Lipinski definition) is 1. The molecule has 5 heteroatoms. The lowest BCUT2D eigenvalue weighted by Gasteiger charge is -2.19. The number of likely N-dealkylation sites (N-methyl/N-ethyl adjacent to an activating group) is 1. The van der Waals surface area contributed by atoms with Gasteiger partial charge in [0, 0.05) is 31.9 Å². The van der Waals surface area contributed by atoms with Crippen molar-refractivity contribution in [2.75, 3.05) is 26.2 Å². The van der Waals surface area contributed by atoms with Gasteiger partial charge >= 0.3 is 0 Å². The van der Waals surface area contributed by atoms with Crippen LogP contribution >= 0.6 is 0 Å². The molecule has 0 fully saturated rings. The highest BCUT2D eigenvalue weighted by molar-refractivity contribution is 5.26. The maximum absolute atomic E-state index is 9.33. The third-order valence-corrected chi connectivity index (χ3v) is 3.38. The van der Waals surface area contributed by atoms with E-state index in [2.05, 4.69) is 42.2 Å². The summed E-state index contributed by atoms with van der Waals surface area (Å²) in [4.78, 5) is 2.34. The van der Waals surface area contributed by atoms with Crippen LogP contribution in [0.5, 0.6) is 0 Å². The summed E-state index contributed by atoms with van der Waals surface area (Å²) in [5.41, 5.74) is 2.01. The Morgan fingerprint density at radius 2 is 2.11 bits per heavy atom. The van der Waals surface area contributed by atoms with Crippen LogP contribution in [0.25, 0.3) is 0 Å². The van der Waals surface area contributed by atoms with Gasteiger partial charge in [-0.1, -0.05) is 20.8 Å². The lowest BCUT2D eigenvalue weighted by atomic mass is 10.1. The average molecular weight is 263 g/mol. The Morgan fingerprint density at radius 1 is 1.42 bits per heavy atom. The molecule has 1 aromatic heterocycles. The summed E-state index contributed by atoms with van der Waals surface area (Å²) in [6.45, 7) is 10.2. The van der Waals surface area contributed by atoms with Crippen LogP contribution in [0, 0.1) is 11.3 Å². The SMILES string of the molecule is CCc1nn(C)cc1C(C#N)NCCN(CC)CC. The Morgan fingerprint density at radius 3 is 2.63 bits per heavy atom. The van der Waals surface area contributed by atoms with E-state index in [-0.39, 0.29) is 6.04 Å². The molecular formula is C14H25N5. The van der Waals surface area contributed by atoms with Gasteiger partial charge in [0.25, 0.3) is 0 Å². The van der Waals surface area contributed by atoms with Crippen LogP contribution < -0.4 is 5.32 Å². The van der Waals surface area contributed by atoms with E-state index in [1.54, 1.807) is 4.68 Å². The highest BCUT2D eigenvalue weighted by Gasteiger charge is 2.16. The van der Waals surface area contributed by atoms with Crippen molar-refractivity contribution >= 4 is 0 Å². The van der Waals surface area contributed by atoms with Crippen LogP contribution in [0.4, 0.5) is 0 Å². The van der Waals surface area contributed by atoms with Gasteiger partial charge in [-0.15, -0.1) is 0 Å². The number of nitrogens with zero attached hydrogens (tertiary/aromatic N) is 4. The molecular weight excluding hydrogens is 238 g/mol. The van der Waals surface area contributed by atoms with E-state index in [4.69, 9.17) is 0 Å². The maximum Gasteiger partial charge on any atom is 0.124 e. The van der Waals surface area contributed by atoms with Crippen LogP contribution in [-0.2, 0) is 13.5 Å².